The van der Waals surface area contributed by atoms with Gasteiger partial charge in [-0.15, -0.1) is 0 Å². The molecule has 0 spiro atoms. The number of ether oxygens (including phenoxy) is 2. The lowest BCUT2D eigenvalue weighted by Gasteiger charge is -2.48. The van der Waals surface area contributed by atoms with E-state index in [1.807, 2.05) is 14.2 Å². The molecule has 3 nitrogen and oxygen atoms in total. The van der Waals surface area contributed by atoms with Crippen molar-refractivity contribution in [1.82, 2.24) is 4.90 Å². The molecular weight excluding hydrogens is 286 g/mol. The fraction of sp³-hybridized carbons (Fsp3) is 1.00. The highest BCUT2D eigenvalue weighted by atomic mass is 16.7. The second-order valence-electron chi connectivity index (χ2n) is 7.58. The molecular formula is C20H39NO2. The van der Waals surface area contributed by atoms with E-state index in [9.17, 15) is 0 Å². The van der Waals surface area contributed by atoms with E-state index in [2.05, 4.69) is 11.8 Å². The average molecular weight is 326 g/mol. The molecule has 0 aromatic heterocycles. The van der Waals surface area contributed by atoms with Crippen LogP contribution in [-0.4, -0.2) is 43.5 Å². The van der Waals surface area contributed by atoms with Gasteiger partial charge in [0.15, 0.2) is 6.29 Å². The van der Waals surface area contributed by atoms with Crippen LogP contribution in [0.15, 0.2) is 0 Å². The third-order valence-corrected chi connectivity index (χ3v) is 6.01. The molecule has 0 aliphatic heterocycles. The highest BCUT2D eigenvalue weighted by Crippen LogP contribution is 2.34. The first-order valence-electron chi connectivity index (χ1n) is 10.1. The van der Waals surface area contributed by atoms with Crippen molar-refractivity contribution in [2.45, 2.75) is 115 Å². The van der Waals surface area contributed by atoms with Crippen LogP contribution in [0.5, 0.6) is 0 Å². The normalized spacial score (nSPS) is 22.8. The van der Waals surface area contributed by atoms with Gasteiger partial charge >= 0.3 is 0 Å². The summed E-state index contributed by atoms with van der Waals surface area (Å²) in [5.41, 5.74) is 0. The lowest BCUT2D eigenvalue weighted by molar-refractivity contribution is -0.165. The second kappa shape index (κ2) is 10.7. The monoisotopic (exact) mass is 325 g/mol. The first kappa shape index (κ1) is 19.2. The van der Waals surface area contributed by atoms with Crippen LogP contribution in [0.3, 0.4) is 0 Å². The van der Waals surface area contributed by atoms with Crippen molar-refractivity contribution in [3.8, 4) is 0 Å². The van der Waals surface area contributed by atoms with Crippen LogP contribution in [-0.2, 0) is 9.47 Å². The van der Waals surface area contributed by atoms with Crippen LogP contribution < -0.4 is 0 Å². The van der Waals surface area contributed by atoms with E-state index >= 15 is 0 Å². The van der Waals surface area contributed by atoms with E-state index in [-0.39, 0.29) is 6.29 Å². The van der Waals surface area contributed by atoms with Gasteiger partial charge in [-0.25, -0.2) is 0 Å². The average Bonchev–Trinajstić information content (AvgIpc) is 2.62. The van der Waals surface area contributed by atoms with E-state index in [1.165, 1.54) is 83.5 Å². The van der Waals surface area contributed by atoms with Crippen LogP contribution in [0.4, 0.5) is 0 Å². The van der Waals surface area contributed by atoms with Crippen molar-refractivity contribution in [2.75, 3.05) is 14.2 Å². The zero-order valence-electron chi connectivity index (χ0n) is 15.8. The molecule has 0 saturated heterocycles. The second-order valence-corrected chi connectivity index (χ2v) is 7.58. The predicted octanol–water partition coefficient (Wildman–Crippen LogP) is 5.13. The summed E-state index contributed by atoms with van der Waals surface area (Å²) in [7, 11) is 3.63. The van der Waals surface area contributed by atoms with Crippen molar-refractivity contribution < 1.29 is 9.47 Å². The topological polar surface area (TPSA) is 21.7 Å². The lowest BCUT2D eigenvalue weighted by Crippen LogP contribution is -2.55. The van der Waals surface area contributed by atoms with Crippen molar-refractivity contribution >= 4 is 0 Å². The van der Waals surface area contributed by atoms with Crippen LogP contribution in [0.2, 0.25) is 0 Å². The Morgan fingerprint density at radius 3 is 1.70 bits per heavy atom. The quantitative estimate of drug-likeness (QED) is 0.548. The Bertz CT molecular complexity index is 276. The molecule has 136 valence electrons. The van der Waals surface area contributed by atoms with Crippen LogP contribution >= 0.6 is 0 Å². The third-order valence-electron chi connectivity index (χ3n) is 6.01. The Kier molecular flexibility index (Phi) is 8.92. The van der Waals surface area contributed by atoms with E-state index in [0.717, 1.165) is 12.1 Å². The Balaban J connectivity index is 2.17. The van der Waals surface area contributed by atoms with Gasteiger partial charge in [-0.3, -0.25) is 4.90 Å². The van der Waals surface area contributed by atoms with Gasteiger partial charge in [0.25, 0.3) is 0 Å². The number of methoxy groups -OCH3 is 2. The van der Waals surface area contributed by atoms with Crippen molar-refractivity contribution in [3.63, 3.8) is 0 Å². The summed E-state index contributed by atoms with van der Waals surface area (Å²) < 4.78 is 11.5. The summed E-state index contributed by atoms with van der Waals surface area (Å²) in [6, 6.07) is 1.93. The van der Waals surface area contributed by atoms with Crippen molar-refractivity contribution in [2.24, 2.45) is 0 Å². The number of hydrogen-bond acceptors (Lipinski definition) is 3. The zero-order valence-corrected chi connectivity index (χ0v) is 15.8. The maximum absolute atomic E-state index is 5.76. The minimum absolute atomic E-state index is 0.0783. The van der Waals surface area contributed by atoms with E-state index in [4.69, 9.17) is 9.47 Å². The zero-order chi connectivity index (χ0) is 16.5. The molecule has 0 N–H and O–H groups in total. The van der Waals surface area contributed by atoms with Crippen LogP contribution in [0.1, 0.15) is 90.4 Å². The van der Waals surface area contributed by atoms with Gasteiger partial charge in [-0.05, 0) is 32.1 Å². The first-order valence-corrected chi connectivity index (χ1v) is 10.1. The standard InChI is InChI=1S/C20H39NO2/c1-4-5-16-19(20(22-2)23-3)21(17-12-8-6-9-13-17)18-14-10-7-11-15-18/h17-20H,4-16H2,1-3H3. The van der Waals surface area contributed by atoms with Crippen molar-refractivity contribution in [1.29, 1.82) is 0 Å². The van der Waals surface area contributed by atoms with Gasteiger partial charge in [0, 0.05) is 26.3 Å². The Labute approximate surface area is 144 Å². The Morgan fingerprint density at radius 1 is 0.826 bits per heavy atom. The third kappa shape index (κ3) is 5.44. The fourth-order valence-corrected chi connectivity index (χ4v) is 4.85. The first-order chi connectivity index (χ1) is 11.3. The van der Waals surface area contributed by atoms with Gasteiger partial charge in [0.2, 0.25) is 0 Å². The number of unbranched alkanes of at least 4 members (excludes halogenated alkanes) is 1. The molecule has 0 aromatic carbocycles. The van der Waals surface area contributed by atoms with Crippen LogP contribution in [0, 0.1) is 0 Å². The van der Waals surface area contributed by atoms with Gasteiger partial charge in [0.1, 0.15) is 0 Å². The molecule has 0 bridgehead atoms. The maximum Gasteiger partial charge on any atom is 0.172 e. The molecule has 3 heteroatoms. The summed E-state index contributed by atoms with van der Waals surface area (Å²) in [4.78, 5) is 2.88. The number of hydrogen-bond donors (Lipinski definition) is 0. The largest absolute Gasteiger partial charge is 0.354 e. The summed E-state index contributed by atoms with van der Waals surface area (Å²) in [6.07, 6.45) is 17.6. The molecule has 2 fully saturated rings. The van der Waals surface area contributed by atoms with Gasteiger partial charge in [-0.1, -0.05) is 58.3 Å². The smallest absolute Gasteiger partial charge is 0.172 e. The summed E-state index contributed by atoms with van der Waals surface area (Å²) in [6.45, 7) is 2.29. The fourth-order valence-electron chi connectivity index (χ4n) is 4.85. The minimum Gasteiger partial charge on any atom is -0.354 e. The predicted molar refractivity (Wildman–Crippen MR) is 96.7 cm³/mol. The SMILES string of the molecule is CCCCC(C(OC)OC)N(C1CCCCC1)C1CCCCC1. The summed E-state index contributed by atoms with van der Waals surface area (Å²) in [5, 5.41) is 0. The highest BCUT2D eigenvalue weighted by molar-refractivity contribution is 4.90. The summed E-state index contributed by atoms with van der Waals surface area (Å²) >= 11 is 0. The summed E-state index contributed by atoms with van der Waals surface area (Å²) in [5.74, 6) is 0. The molecule has 0 amide bonds. The lowest BCUT2D eigenvalue weighted by atomic mass is 9.86. The van der Waals surface area contributed by atoms with Gasteiger partial charge < -0.3 is 9.47 Å². The highest BCUT2D eigenvalue weighted by Gasteiger charge is 2.37. The van der Waals surface area contributed by atoms with Gasteiger partial charge in [0.05, 0.1) is 6.04 Å². The molecule has 2 rings (SSSR count). The Hall–Kier alpha value is -0.120. The molecule has 23 heavy (non-hydrogen) atoms. The molecule has 0 heterocycles. The molecule has 1 atom stereocenters. The van der Waals surface area contributed by atoms with Crippen molar-refractivity contribution in [3.05, 3.63) is 0 Å². The minimum atomic E-state index is -0.0783. The number of nitrogens with zero attached hydrogens (tertiary/aromatic N) is 1. The molecule has 0 radical (unpaired) electrons. The van der Waals surface area contributed by atoms with E-state index in [0.29, 0.717) is 6.04 Å². The van der Waals surface area contributed by atoms with E-state index < -0.39 is 0 Å². The molecule has 1 unspecified atom stereocenters. The molecule has 2 saturated carbocycles. The molecule has 2 aliphatic rings. The van der Waals surface area contributed by atoms with E-state index in [1.54, 1.807) is 0 Å². The number of rotatable bonds is 9. The molecule has 2 aliphatic carbocycles. The maximum atomic E-state index is 5.76. The van der Waals surface area contributed by atoms with Gasteiger partial charge in [-0.2, -0.15) is 0 Å². The Morgan fingerprint density at radius 2 is 1.30 bits per heavy atom. The molecule has 0 aromatic rings. The van der Waals surface area contributed by atoms with Crippen LogP contribution in [0.25, 0.3) is 0 Å².